The van der Waals surface area contributed by atoms with E-state index in [0.29, 0.717) is 17.7 Å². The number of aromatic nitrogens is 6. The number of aromatic amines is 1. The summed E-state index contributed by atoms with van der Waals surface area (Å²) in [6.07, 6.45) is 5.06. The molecule has 0 bridgehead atoms. The van der Waals surface area contributed by atoms with Crippen molar-refractivity contribution in [1.29, 1.82) is 0 Å². The van der Waals surface area contributed by atoms with Crippen molar-refractivity contribution in [2.24, 2.45) is 0 Å². The fourth-order valence-corrected chi connectivity index (χ4v) is 3.97. The lowest BCUT2D eigenvalue weighted by atomic mass is 10.1. The highest BCUT2D eigenvalue weighted by atomic mass is 16.3. The second kappa shape index (κ2) is 8.87. The molecule has 4 N–H and O–H groups in total. The molecule has 0 radical (unpaired) electrons. The van der Waals surface area contributed by atoms with E-state index in [9.17, 15) is 9.90 Å². The molecular weight excluding hydrogens is 422 g/mol. The van der Waals surface area contributed by atoms with Crippen LogP contribution in [0.2, 0.25) is 0 Å². The SMILES string of the molecule is C[C@@H](O)CNC(=O)c1cc(Nc2nc(N3CCCC3c3ccccn3)nc3cccn23)n[nH]1. The molecular formula is C22H25N9O2. The van der Waals surface area contributed by atoms with Crippen LogP contribution >= 0.6 is 0 Å². The summed E-state index contributed by atoms with van der Waals surface area (Å²) in [6, 6.07) is 11.5. The number of rotatable bonds is 7. The molecule has 0 saturated carbocycles. The maximum Gasteiger partial charge on any atom is 0.269 e. The quantitative estimate of drug-likeness (QED) is 0.338. The number of aliphatic hydroxyl groups excluding tert-OH is 1. The molecule has 1 saturated heterocycles. The maximum absolute atomic E-state index is 12.2. The van der Waals surface area contributed by atoms with Gasteiger partial charge in [-0.1, -0.05) is 6.07 Å². The van der Waals surface area contributed by atoms with E-state index in [1.165, 1.54) is 0 Å². The zero-order valence-corrected chi connectivity index (χ0v) is 18.1. The number of amides is 1. The van der Waals surface area contributed by atoms with Gasteiger partial charge in [0.05, 0.1) is 17.8 Å². The third kappa shape index (κ3) is 4.35. The lowest BCUT2D eigenvalue weighted by Gasteiger charge is -2.24. The molecule has 5 rings (SSSR count). The van der Waals surface area contributed by atoms with Gasteiger partial charge in [-0.05, 0) is 44.0 Å². The van der Waals surface area contributed by atoms with Crippen molar-refractivity contribution >= 4 is 29.3 Å². The van der Waals surface area contributed by atoms with Gasteiger partial charge in [-0.25, -0.2) is 0 Å². The smallest absolute Gasteiger partial charge is 0.269 e. The van der Waals surface area contributed by atoms with Crippen molar-refractivity contribution in [3.05, 3.63) is 60.2 Å². The van der Waals surface area contributed by atoms with Crippen LogP contribution in [-0.2, 0) is 0 Å². The van der Waals surface area contributed by atoms with Crippen LogP contribution in [0.25, 0.3) is 5.65 Å². The second-order valence-corrected chi connectivity index (χ2v) is 8.04. The van der Waals surface area contributed by atoms with E-state index in [1.54, 1.807) is 13.0 Å². The largest absolute Gasteiger partial charge is 0.392 e. The first-order chi connectivity index (χ1) is 16.1. The van der Waals surface area contributed by atoms with Crippen molar-refractivity contribution < 1.29 is 9.90 Å². The molecule has 0 spiro atoms. The molecule has 1 aliphatic rings. The van der Waals surface area contributed by atoms with Crippen LogP contribution in [0.15, 0.2) is 48.8 Å². The molecule has 1 fully saturated rings. The fourth-order valence-electron chi connectivity index (χ4n) is 3.97. The lowest BCUT2D eigenvalue weighted by Crippen LogP contribution is -2.30. The number of H-pyrrole nitrogens is 1. The average molecular weight is 448 g/mol. The maximum atomic E-state index is 12.2. The van der Waals surface area contributed by atoms with E-state index in [4.69, 9.17) is 9.97 Å². The van der Waals surface area contributed by atoms with Gasteiger partial charge in [0, 0.05) is 31.5 Å². The summed E-state index contributed by atoms with van der Waals surface area (Å²) in [5, 5.41) is 22.1. The van der Waals surface area contributed by atoms with Gasteiger partial charge in [0.1, 0.15) is 11.3 Å². The Bertz CT molecular complexity index is 1250. The van der Waals surface area contributed by atoms with Crippen LogP contribution in [0.5, 0.6) is 0 Å². The molecule has 4 aromatic heterocycles. The predicted octanol–water partition coefficient (Wildman–Crippen LogP) is 2.04. The molecule has 0 aliphatic carbocycles. The monoisotopic (exact) mass is 447 g/mol. The van der Waals surface area contributed by atoms with Crippen molar-refractivity contribution in [2.75, 3.05) is 23.3 Å². The topological polar surface area (TPSA) is 136 Å². The molecule has 170 valence electrons. The standard InChI is InChI=1S/C22H25N9O2/c1-14(32)13-24-20(33)16-12-18(29-28-16)25-21-27-22(26-19-8-5-11-31(19)21)30-10-4-7-17(30)15-6-2-3-9-23-15/h2-3,5-6,8-9,11-12,14,17,32H,4,7,10,13H2,1H3,(H,24,33)(H2,25,26,27,28,29)/t14-,17?/m1/s1. The number of hydrogen-bond donors (Lipinski definition) is 4. The van der Waals surface area contributed by atoms with Gasteiger partial charge in [0.15, 0.2) is 5.82 Å². The molecule has 33 heavy (non-hydrogen) atoms. The van der Waals surface area contributed by atoms with Crippen LogP contribution < -0.4 is 15.5 Å². The Morgan fingerprint density at radius 3 is 3.03 bits per heavy atom. The molecule has 0 aromatic carbocycles. The highest BCUT2D eigenvalue weighted by Crippen LogP contribution is 2.34. The molecule has 11 heteroatoms. The van der Waals surface area contributed by atoms with E-state index in [-0.39, 0.29) is 24.2 Å². The number of hydrogen-bond acceptors (Lipinski definition) is 8. The zero-order valence-electron chi connectivity index (χ0n) is 18.1. The minimum Gasteiger partial charge on any atom is -0.392 e. The first-order valence-corrected chi connectivity index (χ1v) is 10.9. The molecule has 1 amide bonds. The highest BCUT2D eigenvalue weighted by molar-refractivity contribution is 5.93. The summed E-state index contributed by atoms with van der Waals surface area (Å²) in [5.74, 6) is 1.25. The van der Waals surface area contributed by atoms with E-state index in [0.717, 1.165) is 30.7 Å². The number of aliphatic hydroxyl groups is 1. The van der Waals surface area contributed by atoms with E-state index in [2.05, 4.69) is 30.7 Å². The molecule has 5 heterocycles. The number of carbonyl (C=O) groups excluding carboxylic acids is 1. The van der Waals surface area contributed by atoms with Gasteiger partial charge in [0.2, 0.25) is 11.9 Å². The Labute approximate surface area is 189 Å². The first-order valence-electron chi connectivity index (χ1n) is 10.9. The van der Waals surface area contributed by atoms with Gasteiger partial charge in [-0.15, -0.1) is 0 Å². The lowest BCUT2D eigenvalue weighted by molar-refractivity contribution is 0.0919. The molecule has 1 unspecified atom stereocenters. The summed E-state index contributed by atoms with van der Waals surface area (Å²) in [4.78, 5) is 28.5. The minimum absolute atomic E-state index is 0.117. The number of fused-ring (bicyclic) bond motifs is 1. The van der Waals surface area contributed by atoms with E-state index in [1.807, 2.05) is 47.1 Å². The number of pyridine rings is 1. The van der Waals surface area contributed by atoms with E-state index < -0.39 is 6.10 Å². The van der Waals surface area contributed by atoms with Gasteiger partial charge < -0.3 is 20.6 Å². The zero-order chi connectivity index (χ0) is 22.8. The van der Waals surface area contributed by atoms with Crippen molar-refractivity contribution in [1.82, 2.24) is 34.9 Å². The Kier molecular flexibility index (Phi) is 5.61. The Morgan fingerprint density at radius 2 is 2.21 bits per heavy atom. The number of nitrogens with zero attached hydrogens (tertiary/aromatic N) is 6. The van der Waals surface area contributed by atoms with Crippen LogP contribution in [0.3, 0.4) is 0 Å². The van der Waals surface area contributed by atoms with Crippen molar-refractivity contribution in [2.45, 2.75) is 31.9 Å². The first kappa shape index (κ1) is 20.9. The summed E-state index contributed by atoms with van der Waals surface area (Å²) in [7, 11) is 0. The van der Waals surface area contributed by atoms with Gasteiger partial charge in [-0.2, -0.15) is 15.1 Å². The predicted molar refractivity (Wildman–Crippen MR) is 122 cm³/mol. The summed E-state index contributed by atoms with van der Waals surface area (Å²) >= 11 is 0. The van der Waals surface area contributed by atoms with Crippen molar-refractivity contribution in [3.8, 4) is 0 Å². The van der Waals surface area contributed by atoms with Crippen LogP contribution in [0, 0.1) is 0 Å². The second-order valence-electron chi connectivity index (χ2n) is 8.04. The number of nitrogens with one attached hydrogen (secondary N) is 3. The number of carbonyl (C=O) groups is 1. The summed E-state index contributed by atoms with van der Waals surface area (Å²) in [6.45, 7) is 2.61. The van der Waals surface area contributed by atoms with Crippen molar-refractivity contribution in [3.63, 3.8) is 0 Å². The summed E-state index contributed by atoms with van der Waals surface area (Å²) in [5.41, 5.74) is 2.04. The fraction of sp³-hybridized carbons (Fsp3) is 0.318. The number of anilines is 3. The Morgan fingerprint density at radius 1 is 1.30 bits per heavy atom. The van der Waals surface area contributed by atoms with Crippen LogP contribution in [0.1, 0.15) is 42.0 Å². The molecule has 2 atom stereocenters. The van der Waals surface area contributed by atoms with Crippen LogP contribution in [0.4, 0.5) is 17.7 Å². The highest BCUT2D eigenvalue weighted by Gasteiger charge is 2.29. The van der Waals surface area contributed by atoms with Gasteiger partial charge >= 0.3 is 0 Å². The normalized spacial score (nSPS) is 16.8. The van der Waals surface area contributed by atoms with E-state index >= 15 is 0 Å². The Balaban J connectivity index is 1.42. The average Bonchev–Trinajstić information content (AvgIpc) is 3.58. The molecule has 11 nitrogen and oxygen atoms in total. The minimum atomic E-state index is -0.628. The Hall–Kier alpha value is -3.99. The third-order valence-electron chi connectivity index (χ3n) is 5.54. The molecule has 4 aromatic rings. The van der Waals surface area contributed by atoms with Gasteiger partial charge in [0.25, 0.3) is 5.91 Å². The third-order valence-corrected chi connectivity index (χ3v) is 5.54. The van der Waals surface area contributed by atoms with Gasteiger partial charge in [-0.3, -0.25) is 19.3 Å². The molecule has 1 aliphatic heterocycles. The van der Waals surface area contributed by atoms with Crippen LogP contribution in [-0.4, -0.2) is 59.8 Å². The summed E-state index contributed by atoms with van der Waals surface area (Å²) < 4.78 is 1.83.